The van der Waals surface area contributed by atoms with Gasteiger partial charge in [0.15, 0.2) is 0 Å². The van der Waals surface area contributed by atoms with Crippen molar-refractivity contribution in [1.82, 2.24) is 10.6 Å². The summed E-state index contributed by atoms with van der Waals surface area (Å²) in [7, 11) is 0. The quantitative estimate of drug-likeness (QED) is 0.327. The van der Waals surface area contributed by atoms with Gasteiger partial charge in [-0.05, 0) is 112 Å². The average molecular weight is 611 g/mol. The van der Waals surface area contributed by atoms with Crippen molar-refractivity contribution >= 4 is 6.09 Å². The van der Waals surface area contributed by atoms with Crippen LogP contribution in [0.3, 0.4) is 0 Å². The fraction of sp³-hybridized carbons (Fsp3) is 0.919. The third-order valence-electron chi connectivity index (χ3n) is 15.7. The highest BCUT2D eigenvalue weighted by Crippen LogP contribution is 2.91. The molecule has 44 heavy (non-hydrogen) atoms. The highest BCUT2D eigenvalue weighted by atomic mass is 16.6. The van der Waals surface area contributed by atoms with Gasteiger partial charge in [0, 0.05) is 36.4 Å². The van der Waals surface area contributed by atoms with E-state index in [0.717, 1.165) is 25.9 Å². The molecule has 8 rings (SSSR count). The highest BCUT2D eigenvalue weighted by molar-refractivity contribution is 5.68. The molecule has 0 radical (unpaired) electrons. The van der Waals surface area contributed by atoms with Gasteiger partial charge >= 0.3 is 6.09 Å². The maximum absolute atomic E-state index is 12.8. The fourth-order valence-corrected chi connectivity index (χ4v) is 14.0. The minimum absolute atomic E-state index is 0.0154. The first-order valence-corrected chi connectivity index (χ1v) is 18.1. The highest BCUT2D eigenvalue weighted by Gasteiger charge is 2.86. The monoisotopic (exact) mass is 610 g/mol. The molecule has 2 saturated heterocycles. The zero-order valence-electron chi connectivity index (χ0n) is 28.3. The van der Waals surface area contributed by atoms with Crippen molar-refractivity contribution in [3.63, 3.8) is 0 Å². The predicted molar refractivity (Wildman–Crippen MR) is 169 cm³/mol. The molecule has 5 saturated carbocycles. The van der Waals surface area contributed by atoms with E-state index in [2.05, 4.69) is 50.5 Å². The first kappa shape index (κ1) is 30.2. The summed E-state index contributed by atoms with van der Waals surface area (Å²) in [6.45, 7) is 18.0. The van der Waals surface area contributed by atoms with Gasteiger partial charge in [0.2, 0.25) is 0 Å². The molecular weight excluding hydrogens is 552 g/mol. The molecule has 0 bridgehead atoms. The molecule has 7 heteroatoms. The van der Waals surface area contributed by atoms with Crippen LogP contribution in [0.4, 0.5) is 4.79 Å². The van der Waals surface area contributed by atoms with Crippen LogP contribution >= 0.6 is 0 Å². The number of aliphatic hydroxyl groups is 1. The normalized spacial score (nSPS) is 52.0. The summed E-state index contributed by atoms with van der Waals surface area (Å²) in [6.07, 6.45) is 14.4. The van der Waals surface area contributed by atoms with E-state index < -0.39 is 5.60 Å². The number of fused-ring (bicyclic) bond motifs is 3. The van der Waals surface area contributed by atoms with Crippen LogP contribution in [-0.4, -0.2) is 67.0 Å². The van der Waals surface area contributed by atoms with E-state index in [-0.39, 0.29) is 52.8 Å². The van der Waals surface area contributed by atoms with Crippen LogP contribution in [0.5, 0.6) is 0 Å². The van der Waals surface area contributed by atoms with Crippen molar-refractivity contribution in [1.29, 1.82) is 0 Å². The Kier molecular flexibility index (Phi) is 6.50. The number of allylic oxidation sites excluding steroid dienone is 1. The van der Waals surface area contributed by atoms with Gasteiger partial charge in [-0.25, -0.2) is 4.79 Å². The van der Waals surface area contributed by atoms with Crippen LogP contribution < -0.4 is 10.6 Å². The Balaban J connectivity index is 1.06. The van der Waals surface area contributed by atoms with Crippen molar-refractivity contribution in [2.75, 3.05) is 19.7 Å². The van der Waals surface area contributed by atoms with Crippen LogP contribution in [0.1, 0.15) is 99.8 Å². The summed E-state index contributed by atoms with van der Waals surface area (Å²) in [5.41, 5.74) is 0.299. The molecule has 1 amide bonds. The minimum atomic E-state index is -0.942. The van der Waals surface area contributed by atoms with Crippen molar-refractivity contribution in [2.45, 2.75) is 136 Å². The second-order valence-electron chi connectivity index (χ2n) is 18.1. The van der Waals surface area contributed by atoms with Gasteiger partial charge in [-0.3, -0.25) is 0 Å². The Morgan fingerprint density at radius 1 is 1.11 bits per heavy atom. The van der Waals surface area contributed by atoms with E-state index in [1.807, 2.05) is 20.8 Å². The number of carbonyl (C=O) groups is 1. The number of alkyl carbamates (subject to hydrolysis) is 1. The van der Waals surface area contributed by atoms with Crippen LogP contribution in [0, 0.1) is 56.7 Å². The molecule has 8 aliphatic rings. The van der Waals surface area contributed by atoms with Crippen molar-refractivity contribution in [2.24, 2.45) is 56.7 Å². The molecule has 6 aliphatic carbocycles. The van der Waals surface area contributed by atoms with E-state index in [4.69, 9.17) is 14.2 Å². The Bertz CT molecular complexity index is 1220. The molecule has 7 nitrogen and oxygen atoms in total. The van der Waals surface area contributed by atoms with E-state index in [1.165, 1.54) is 38.5 Å². The Morgan fingerprint density at radius 3 is 2.48 bits per heavy atom. The SMILES string of the molecule is CCO[C@@H]([C@H]1C[C@@H](C)[C@H]2[C@H](O1)[C@@H]1C=C[C@@]13C1CC[C@H]4C(C)(C)[C@@H](OC(=O)NC5CNC5)CCC45CC15CCC23C)C(C)(C)O. The summed E-state index contributed by atoms with van der Waals surface area (Å²) < 4.78 is 19.6. The Morgan fingerprint density at radius 2 is 1.84 bits per heavy atom. The molecular formula is C37H58N2O5. The maximum atomic E-state index is 12.8. The van der Waals surface area contributed by atoms with Gasteiger partial charge in [-0.2, -0.15) is 0 Å². The lowest BCUT2D eigenvalue weighted by atomic mass is 9.38. The molecule has 246 valence electrons. The lowest BCUT2D eigenvalue weighted by molar-refractivity contribution is -0.207. The Hall–Kier alpha value is -1.15. The second-order valence-corrected chi connectivity index (χ2v) is 18.1. The van der Waals surface area contributed by atoms with E-state index in [0.29, 0.717) is 47.0 Å². The summed E-state index contributed by atoms with van der Waals surface area (Å²) >= 11 is 0. The lowest BCUT2D eigenvalue weighted by Gasteiger charge is -2.66. The smallest absolute Gasteiger partial charge is 0.407 e. The molecule has 2 heterocycles. The molecule has 7 fully saturated rings. The molecule has 0 aromatic carbocycles. The fourth-order valence-electron chi connectivity index (χ4n) is 14.0. The number of hydrogen-bond acceptors (Lipinski definition) is 6. The molecule has 2 aliphatic heterocycles. The summed E-state index contributed by atoms with van der Waals surface area (Å²) in [5.74, 6) is 2.84. The standard InChI is InChI=1S/C37H58N2O5/c1-8-42-30(33(5,6)41)24-17-21(2)28-29(43-24)23-11-14-37(23)26-10-9-25-32(3,4)27(44-31(40)39-22-18-38-19-22)12-13-35(25)20-36(26,35)16-15-34(28,37)7/h11,14,21-30,38,41H,8-10,12-13,15-20H2,1-7H3,(H,39,40)/t21-,23+,24-,25+,26?,27+,28+,29-,30+,34?,35?,36?,37+/m1/s1. The molecule has 0 aromatic rings. The van der Waals surface area contributed by atoms with Gasteiger partial charge in [0.05, 0.1) is 23.9 Å². The maximum Gasteiger partial charge on any atom is 0.407 e. The number of ether oxygens (including phenoxy) is 3. The first-order chi connectivity index (χ1) is 20.7. The van der Waals surface area contributed by atoms with E-state index in [9.17, 15) is 9.90 Å². The lowest BCUT2D eigenvalue weighted by Crippen LogP contribution is -2.61. The topological polar surface area (TPSA) is 89.1 Å². The van der Waals surface area contributed by atoms with Gasteiger partial charge in [-0.15, -0.1) is 0 Å². The number of nitrogens with one attached hydrogen (secondary N) is 2. The zero-order chi connectivity index (χ0) is 31.1. The zero-order valence-corrected chi connectivity index (χ0v) is 28.3. The van der Waals surface area contributed by atoms with Crippen molar-refractivity contribution in [3.05, 3.63) is 12.2 Å². The number of carbonyl (C=O) groups excluding carboxylic acids is 1. The van der Waals surface area contributed by atoms with Crippen LogP contribution in [0.15, 0.2) is 12.2 Å². The molecule has 3 spiro atoms. The number of rotatable bonds is 6. The van der Waals surface area contributed by atoms with Gasteiger partial charge < -0.3 is 30.0 Å². The summed E-state index contributed by atoms with van der Waals surface area (Å²) in [6, 6.07) is 0.208. The largest absolute Gasteiger partial charge is 0.446 e. The van der Waals surface area contributed by atoms with Crippen molar-refractivity contribution < 1.29 is 24.1 Å². The second kappa shape index (κ2) is 9.48. The average Bonchev–Trinajstić information content (AvgIpc) is 3.53. The number of hydrogen-bond donors (Lipinski definition) is 3. The van der Waals surface area contributed by atoms with Crippen LogP contribution in [0.25, 0.3) is 0 Å². The van der Waals surface area contributed by atoms with E-state index in [1.54, 1.807) is 0 Å². The predicted octanol–water partition coefficient (Wildman–Crippen LogP) is 5.85. The molecule has 4 unspecified atom stereocenters. The van der Waals surface area contributed by atoms with Crippen LogP contribution in [0.2, 0.25) is 0 Å². The third-order valence-corrected chi connectivity index (χ3v) is 15.7. The summed E-state index contributed by atoms with van der Waals surface area (Å²) in [5, 5.41) is 17.4. The van der Waals surface area contributed by atoms with Gasteiger partial charge in [0.1, 0.15) is 12.2 Å². The Labute approximate surface area is 265 Å². The minimum Gasteiger partial charge on any atom is -0.446 e. The number of amides is 1. The molecule has 0 aromatic heterocycles. The summed E-state index contributed by atoms with van der Waals surface area (Å²) in [4.78, 5) is 12.8. The van der Waals surface area contributed by atoms with Crippen molar-refractivity contribution in [3.8, 4) is 0 Å². The third kappa shape index (κ3) is 3.62. The van der Waals surface area contributed by atoms with E-state index >= 15 is 0 Å². The molecule has 3 N–H and O–H groups in total. The van der Waals surface area contributed by atoms with Crippen LogP contribution in [-0.2, 0) is 14.2 Å². The van der Waals surface area contributed by atoms with Gasteiger partial charge in [-0.1, -0.05) is 39.8 Å². The van der Waals surface area contributed by atoms with Gasteiger partial charge in [0.25, 0.3) is 0 Å². The molecule has 13 atom stereocenters. The first-order valence-electron chi connectivity index (χ1n) is 18.1.